The first-order valence-corrected chi connectivity index (χ1v) is 13.6. The van der Waals surface area contributed by atoms with Crippen LogP contribution in [-0.4, -0.2) is 64.2 Å². The SMILES string of the molecule is CCC(C)NC(=O)C(C)N(Cc1ccc(OC)cc1)C(=O)CN(c1cc(C)ccc1OC)S(C)(=O)=O. The van der Waals surface area contributed by atoms with Crippen LogP contribution in [0.2, 0.25) is 0 Å². The van der Waals surface area contributed by atoms with Gasteiger partial charge in [-0.1, -0.05) is 25.1 Å². The van der Waals surface area contributed by atoms with E-state index in [1.54, 1.807) is 56.5 Å². The van der Waals surface area contributed by atoms with Crippen molar-refractivity contribution in [1.29, 1.82) is 0 Å². The van der Waals surface area contributed by atoms with Gasteiger partial charge in [-0.05, 0) is 62.6 Å². The zero-order valence-electron chi connectivity index (χ0n) is 22.1. The molecule has 36 heavy (non-hydrogen) atoms. The normalized spacial score (nSPS) is 12.9. The number of hydrogen-bond acceptors (Lipinski definition) is 6. The molecule has 2 atom stereocenters. The van der Waals surface area contributed by atoms with E-state index in [9.17, 15) is 18.0 Å². The Hall–Kier alpha value is -3.27. The molecule has 2 amide bonds. The zero-order chi connectivity index (χ0) is 27.0. The molecule has 0 spiro atoms. The van der Waals surface area contributed by atoms with Crippen LogP contribution >= 0.6 is 0 Å². The van der Waals surface area contributed by atoms with Gasteiger partial charge in [0.15, 0.2) is 0 Å². The maximum absolute atomic E-state index is 13.7. The molecule has 0 heterocycles. The van der Waals surface area contributed by atoms with Crippen molar-refractivity contribution in [3.05, 3.63) is 53.6 Å². The number of rotatable bonds is 12. The quantitative estimate of drug-likeness (QED) is 0.462. The number of nitrogens with zero attached hydrogens (tertiary/aromatic N) is 2. The topological polar surface area (TPSA) is 105 Å². The highest BCUT2D eigenvalue weighted by atomic mass is 32.2. The number of nitrogens with one attached hydrogen (secondary N) is 1. The van der Waals surface area contributed by atoms with Gasteiger partial charge in [0.05, 0.1) is 26.2 Å². The highest BCUT2D eigenvalue weighted by Gasteiger charge is 2.31. The Kier molecular flexibility index (Phi) is 10.2. The summed E-state index contributed by atoms with van der Waals surface area (Å²) in [5.74, 6) is 0.147. The number of carbonyl (C=O) groups excluding carboxylic acids is 2. The van der Waals surface area contributed by atoms with Crippen LogP contribution in [0.3, 0.4) is 0 Å². The monoisotopic (exact) mass is 519 g/mol. The highest BCUT2D eigenvalue weighted by molar-refractivity contribution is 7.92. The minimum absolute atomic E-state index is 0.0676. The van der Waals surface area contributed by atoms with Crippen LogP contribution in [0.15, 0.2) is 42.5 Å². The van der Waals surface area contributed by atoms with Gasteiger partial charge in [-0.2, -0.15) is 0 Å². The largest absolute Gasteiger partial charge is 0.497 e. The molecule has 0 aromatic heterocycles. The Labute approximate surface area is 214 Å². The van der Waals surface area contributed by atoms with E-state index in [1.165, 1.54) is 12.0 Å². The first-order chi connectivity index (χ1) is 16.9. The highest BCUT2D eigenvalue weighted by Crippen LogP contribution is 2.31. The van der Waals surface area contributed by atoms with Gasteiger partial charge in [-0.25, -0.2) is 8.42 Å². The van der Waals surface area contributed by atoms with Gasteiger partial charge in [0.2, 0.25) is 21.8 Å². The van der Waals surface area contributed by atoms with Crippen molar-refractivity contribution in [2.24, 2.45) is 0 Å². The van der Waals surface area contributed by atoms with Gasteiger partial charge in [0, 0.05) is 12.6 Å². The van der Waals surface area contributed by atoms with E-state index in [-0.39, 0.29) is 24.2 Å². The van der Waals surface area contributed by atoms with Gasteiger partial charge in [0.1, 0.15) is 24.1 Å². The van der Waals surface area contributed by atoms with Crippen molar-refractivity contribution >= 4 is 27.5 Å². The first kappa shape index (κ1) is 29.0. The summed E-state index contributed by atoms with van der Waals surface area (Å²) >= 11 is 0. The Balaban J connectivity index is 2.45. The van der Waals surface area contributed by atoms with Gasteiger partial charge >= 0.3 is 0 Å². The van der Waals surface area contributed by atoms with E-state index in [0.29, 0.717) is 11.5 Å². The van der Waals surface area contributed by atoms with Crippen molar-refractivity contribution in [2.75, 3.05) is 31.3 Å². The molecule has 2 rings (SSSR count). The number of carbonyl (C=O) groups is 2. The third-order valence-corrected chi connectivity index (χ3v) is 7.09. The summed E-state index contributed by atoms with van der Waals surface area (Å²) in [6.45, 7) is 6.92. The summed E-state index contributed by atoms with van der Waals surface area (Å²) in [5.41, 5.74) is 1.84. The molecular formula is C26H37N3O6S. The van der Waals surface area contributed by atoms with Crippen molar-refractivity contribution < 1.29 is 27.5 Å². The van der Waals surface area contributed by atoms with Gasteiger partial charge in [0.25, 0.3) is 0 Å². The maximum atomic E-state index is 13.7. The Morgan fingerprint density at radius 2 is 1.67 bits per heavy atom. The lowest BCUT2D eigenvalue weighted by molar-refractivity contribution is -0.139. The molecule has 198 valence electrons. The molecule has 0 fully saturated rings. The summed E-state index contributed by atoms with van der Waals surface area (Å²) in [6, 6.07) is 11.3. The minimum atomic E-state index is -3.86. The van der Waals surface area contributed by atoms with Gasteiger partial charge in [-0.3, -0.25) is 13.9 Å². The number of benzene rings is 2. The second kappa shape index (κ2) is 12.6. The number of anilines is 1. The summed E-state index contributed by atoms with van der Waals surface area (Å²) in [7, 11) is -0.859. The molecular weight excluding hydrogens is 482 g/mol. The lowest BCUT2D eigenvalue weighted by atomic mass is 10.1. The Bertz CT molecular complexity index is 1150. The van der Waals surface area contributed by atoms with Crippen LogP contribution in [0.5, 0.6) is 11.5 Å². The van der Waals surface area contributed by atoms with Crippen LogP contribution in [0.4, 0.5) is 5.69 Å². The molecule has 0 saturated heterocycles. The first-order valence-electron chi connectivity index (χ1n) is 11.8. The van der Waals surface area contributed by atoms with E-state index in [1.807, 2.05) is 20.8 Å². The summed E-state index contributed by atoms with van der Waals surface area (Å²) in [5, 5.41) is 2.90. The summed E-state index contributed by atoms with van der Waals surface area (Å²) < 4.78 is 37.2. The number of aryl methyl sites for hydroxylation is 1. The molecule has 0 bridgehead atoms. The third kappa shape index (κ3) is 7.61. The van der Waals surface area contributed by atoms with Crippen LogP contribution in [-0.2, 0) is 26.2 Å². The number of amides is 2. The average Bonchev–Trinajstić information content (AvgIpc) is 2.84. The lowest BCUT2D eigenvalue weighted by Crippen LogP contribution is -2.52. The predicted molar refractivity (Wildman–Crippen MR) is 141 cm³/mol. The van der Waals surface area contributed by atoms with Crippen LogP contribution in [0.1, 0.15) is 38.3 Å². The van der Waals surface area contributed by atoms with E-state index < -0.39 is 28.5 Å². The second-order valence-electron chi connectivity index (χ2n) is 8.81. The van der Waals surface area contributed by atoms with E-state index >= 15 is 0 Å². The van der Waals surface area contributed by atoms with E-state index in [4.69, 9.17) is 9.47 Å². The fraction of sp³-hybridized carbons (Fsp3) is 0.462. The molecule has 0 aliphatic heterocycles. The van der Waals surface area contributed by atoms with E-state index in [2.05, 4.69) is 5.32 Å². The molecule has 0 aliphatic rings. The zero-order valence-corrected chi connectivity index (χ0v) is 22.9. The van der Waals surface area contributed by atoms with Crippen molar-refractivity contribution in [3.63, 3.8) is 0 Å². The summed E-state index contributed by atoms with van der Waals surface area (Å²) in [6.07, 6.45) is 1.77. The maximum Gasteiger partial charge on any atom is 0.244 e. The fourth-order valence-corrected chi connectivity index (χ4v) is 4.41. The molecule has 10 heteroatoms. The molecule has 9 nitrogen and oxygen atoms in total. The van der Waals surface area contributed by atoms with Crippen LogP contribution in [0, 0.1) is 6.92 Å². The third-order valence-electron chi connectivity index (χ3n) is 5.96. The van der Waals surface area contributed by atoms with Crippen molar-refractivity contribution in [3.8, 4) is 11.5 Å². The second-order valence-corrected chi connectivity index (χ2v) is 10.7. The fourth-order valence-electron chi connectivity index (χ4n) is 3.57. The number of ether oxygens (including phenoxy) is 2. The molecule has 2 aromatic carbocycles. The standard InChI is InChI=1S/C26H37N3O6S/c1-8-19(3)27-26(31)20(4)28(16-21-10-12-22(34-5)13-11-21)25(30)17-29(36(7,32)33)23-15-18(2)9-14-24(23)35-6/h9-15,19-20H,8,16-17H2,1-7H3,(H,27,31). The Morgan fingerprint density at radius 3 is 2.19 bits per heavy atom. The summed E-state index contributed by atoms with van der Waals surface area (Å²) in [4.78, 5) is 28.0. The molecule has 2 unspecified atom stereocenters. The van der Waals surface area contributed by atoms with Crippen molar-refractivity contribution in [2.45, 2.75) is 52.7 Å². The predicted octanol–water partition coefficient (Wildman–Crippen LogP) is 3.11. The lowest BCUT2D eigenvalue weighted by Gasteiger charge is -2.32. The minimum Gasteiger partial charge on any atom is -0.497 e. The smallest absolute Gasteiger partial charge is 0.244 e. The number of methoxy groups -OCH3 is 2. The van der Waals surface area contributed by atoms with E-state index in [0.717, 1.165) is 28.1 Å². The van der Waals surface area contributed by atoms with Crippen LogP contribution < -0.4 is 19.1 Å². The van der Waals surface area contributed by atoms with Gasteiger partial charge in [-0.15, -0.1) is 0 Å². The van der Waals surface area contributed by atoms with Crippen molar-refractivity contribution in [1.82, 2.24) is 10.2 Å². The van der Waals surface area contributed by atoms with Gasteiger partial charge < -0.3 is 19.7 Å². The average molecular weight is 520 g/mol. The molecule has 0 saturated carbocycles. The molecule has 1 N–H and O–H groups in total. The number of hydrogen-bond donors (Lipinski definition) is 1. The molecule has 2 aromatic rings. The van der Waals surface area contributed by atoms with Crippen LogP contribution in [0.25, 0.3) is 0 Å². The number of sulfonamides is 1. The Morgan fingerprint density at radius 1 is 1.03 bits per heavy atom. The molecule has 0 radical (unpaired) electrons. The molecule has 0 aliphatic carbocycles.